The third kappa shape index (κ3) is 3.23. The molecule has 0 spiro atoms. The average Bonchev–Trinajstić information content (AvgIpc) is 2.57. The summed E-state index contributed by atoms with van der Waals surface area (Å²) < 4.78 is 10.1. The summed E-state index contributed by atoms with van der Waals surface area (Å²) in [7, 11) is 0. The molecule has 12 heavy (non-hydrogen) atoms. The summed E-state index contributed by atoms with van der Waals surface area (Å²) in [4.78, 5) is 0. The Balaban J connectivity index is 2.03. The number of hydrogen-bond donors (Lipinski definition) is 0. The molecule has 0 aliphatic rings. The quantitative estimate of drug-likeness (QED) is 0.498. The van der Waals surface area contributed by atoms with Crippen LogP contribution in [0, 0.1) is 0 Å². The van der Waals surface area contributed by atoms with Gasteiger partial charge in [-0.25, -0.2) is 0 Å². The first-order valence-corrected chi connectivity index (χ1v) is 4.06. The molecule has 3 nitrogen and oxygen atoms in total. The number of aryl methyl sites for hydroxylation is 1. The minimum absolute atomic E-state index is 0.727. The molecule has 0 fully saturated rings. The van der Waals surface area contributed by atoms with Gasteiger partial charge in [0, 0.05) is 12.5 Å². The van der Waals surface area contributed by atoms with E-state index in [9.17, 15) is 0 Å². The van der Waals surface area contributed by atoms with Crippen LogP contribution in [0.2, 0.25) is 0 Å². The number of nitrogens with zero attached hydrogens (tertiary/aromatic N) is 1. The van der Waals surface area contributed by atoms with Crippen LogP contribution in [0.15, 0.2) is 29.1 Å². The van der Waals surface area contributed by atoms with Gasteiger partial charge in [0.1, 0.15) is 5.76 Å². The molecule has 0 amide bonds. The van der Waals surface area contributed by atoms with Gasteiger partial charge in [-0.1, -0.05) is 11.2 Å². The van der Waals surface area contributed by atoms with Crippen LogP contribution in [0.3, 0.4) is 0 Å². The van der Waals surface area contributed by atoms with Crippen LogP contribution < -0.4 is 0 Å². The fraction of sp³-hybridized carbons (Fsp3) is 0.444. The van der Waals surface area contributed by atoms with E-state index in [2.05, 4.69) is 5.16 Å². The highest BCUT2D eigenvalue weighted by molar-refractivity contribution is 4.92. The van der Waals surface area contributed by atoms with Crippen molar-refractivity contribution in [2.24, 2.45) is 0 Å². The highest BCUT2D eigenvalue weighted by atomic mass is 16.5. The van der Waals surface area contributed by atoms with Gasteiger partial charge in [0.2, 0.25) is 0 Å². The van der Waals surface area contributed by atoms with Crippen molar-refractivity contribution in [3.05, 3.63) is 30.4 Å². The number of allylic oxidation sites excluding steroid dienone is 1. The monoisotopic (exact) mass is 167 g/mol. The first-order chi connectivity index (χ1) is 5.93. The van der Waals surface area contributed by atoms with Gasteiger partial charge >= 0.3 is 0 Å². The molecule has 66 valence electrons. The summed E-state index contributed by atoms with van der Waals surface area (Å²) in [5.74, 6) is 0.916. The van der Waals surface area contributed by atoms with Gasteiger partial charge in [0.25, 0.3) is 0 Å². The highest BCUT2D eigenvalue weighted by Gasteiger charge is 1.95. The topological polar surface area (TPSA) is 35.3 Å². The summed E-state index contributed by atoms with van der Waals surface area (Å²) in [6, 6.07) is 1.87. The van der Waals surface area contributed by atoms with Crippen LogP contribution >= 0.6 is 0 Å². The van der Waals surface area contributed by atoms with Crippen LogP contribution in [0.5, 0.6) is 0 Å². The molecule has 0 atom stereocenters. The lowest BCUT2D eigenvalue weighted by molar-refractivity contribution is 0.239. The van der Waals surface area contributed by atoms with Gasteiger partial charge in [-0.2, -0.15) is 0 Å². The summed E-state index contributed by atoms with van der Waals surface area (Å²) in [5.41, 5.74) is 0. The predicted octanol–water partition coefficient (Wildman–Crippen LogP) is 2.16. The number of rotatable bonds is 5. The van der Waals surface area contributed by atoms with Gasteiger partial charge in [-0.15, -0.1) is 0 Å². The van der Waals surface area contributed by atoms with Crippen molar-refractivity contribution in [3.63, 3.8) is 0 Å². The minimum atomic E-state index is 0.727. The zero-order chi connectivity index (χ0) is 8.65. The zero-order valence-electron chi connectivity index (χ0n) is 7.19. The van der Waals surface area contributed by atoms with Gasteiger partial charge in [-0.05, 0) is 13.3 Å². The Bertz CT molecular complexity index is 216. The normalized spacial score (nSPS) is 10.8. The van der Waals surface area contributed by atoms with E-state index in [4.69, 9.17) is 9.26 Å². The molecule has 0 radical (unpaired) electrons. The first kappa shape index (κ1) is 8.84. The molecule has 3 heteroatoms. The van der Waals surface area contributed by atoms with Crippen molar-refractivity contribution in [1.29, 1.82) is 0 Å². The maximum atomic E-state index is 5.14. The van der Waals surface area contributed by atoms with Gasteiger partial charge in [0.15, 0.2) is 0 Å². The molecule has 0 aliphatic carbocycles. The van der Waals surface area contributed by atoms with Crippen LogP contribution in [0.1, 0.15) is 19.1 Å². The molecule has 1 aromatic rings. The second-order valence-corrected chi connectivity index (χ2v) is 2.42. The Morgan fingerprint density at radius 2 is 2.58 bits per heavy atom. The van der Waals surface area contributed by atoms with Crippen LogP contribution in [0.25, 0.3) is 0 Å². The Morgan fingerprint density at radius 3 is 3.25 bits per heavy atom. The minimum Gasteiger partial charge on any atom is -0.502 e. The van der Waals surface area contributed by atoms with E-state index in [0.717, 1.165) is 25.2 Å². The maximum Gasteiger partial charge on any atom is 0.136 e. The third-order valence-electron chi connectivity index (χ3n) is 1.41. The Labute approximate surface area is 72.0 Å². The maximum absolute atomic E-state index is 5.14. The van der Waals surface area contributed by atoms with E-state index < -0.39 is 0 Å². The van der Waals surface area contributed by atoms with E-state index in [1.54, 1.807) is 12.5 Å². The van der Waals surface area contributed by atoms with Crippen LogP contribution in [-0.2, 0) is 11.2 Å². The standard InChI is InChI=1S/C9H13NO2/c1-2-7-11-8-3-4-9-5-6-10-12-9/h2,5-7H,3-4,8H2,1H3/b7-2+. The van der Waals surface area contributed by atoms with E-state index >= 15 is 0 Å². The highest BCUT2D eigenvalue weighted by Crippen LogP contribution is 2.00. The summed E-state index contributed by atoms with van der Waals surface area (Å²) in [6.07, 6.45) is 7.06. The molecular formula is C9H13NO2. The molecule has 0 aliphatic heterocycles. The smallest absolute Gasteiger partial charge is 0.136 e. The number of hydrogen-bond acceptors (Lipinski definition) is 3. The fourth-order valence-electron chi connectivity index (χ4n) is 0.865. The molecule has 0 unspecified atom stereocenters. The largest absolute Gasteiger partial charge is 0.502 e. The van der Waals surface area contributed by atoms with Crippen molar-refractivity contribution >= 4 is 0 Å². The van der Waals surface area contributed by atoms with Gasteiger partial charge in [-0.3, -0.25) is 0 Å². The first-order valence-electron chi connectivity index (χ1n) is 4.06. The third-order valence-corrected chi connectivity index (χ3v) is 1.41. The van der Waals surface area contributed by atoms with E-state index in [0.29, 0.717) is 0 Å². The summed E-state index contributed by atoms with van der Waals surface area (Å²) in [6.45, 7) is 2.65. The van der Waals surface area contributed by atoms with Crippen molar-refractivity contribution in [2.45, 2.75) is 19.8 Å². The molecule has 0 N–H and O–H groups in total. The molecule has 0 bridgehead atoms. The summed E-state index contributed by atoms with van der Waals surface area (Å²) in [5, 5.41) is 3.61. The van der Waals surface area contributed by atoms with Crippen molar-refractivity contribution < 1.29 is 9.26 Å². The number of ether oxygens (including phenoxy) is 1. The van der Waals surface area contributed by atoms with Crippen molar-refractivity contribution in [1.82, 2.24) is 5.16 Å². The lowest BCUT2D eigenvalue weighted by Crippen LogP contribution is -1.90. The van der Waals surface area contributed by atoms with E-state index in [1.807, 2.05) is 19.1 Å². The van der Waals surface area contributed by atoms with Crippen LogP contribution in [0.4, 0.5) is 0 Å². The van der Waals surface area contributed by atoms with E-state index in [-0.39, 0.29) is 0 Å². The van der Waals surface area contributed by atoms with E-state index in [1.165, 1.54) is 0 Å². The Hall–Kier alpha value is -1.25. The summed E-state index contributed by atoms with van der Waals surface area (Å²) >= 11 is 0. The van der Waals surface area contributed by atoms with Gasteiger partial charge in [0.05, 0.1) is 19.1 Å². The van der Waals surface area contributed by atoms with Crippen molar-refractivity contribution in [3.8, 4) is 0 Å². The Kier molecular flexibility index (Phi) is 3.98. The second-order valence-electron chi connectivity index (χ2n) is 2.42. The second kappa shape index (κ2) is 5.41. The number of aromatic nitrogens is 1. The zero-order valence-corrected chi connectivity index (χ0v) is 7.19. The molecule has 0 saturated carbocycles. The average molecular weight is 167 g/mol. The molecule has 1 heterocycles. The molecule has 1 rings (SSSR count). The van der Waals surface area contributed by atoms with Gasteiger partial charge < -0.3 is 9.26 Å². The molecule has 0 saturated heterocycles. The molecule has 0 aromatic carbocycles. The lowest BCUT2D eigenvalue weighted by atomic mass is 10.3. The van der Waals surface area contributed by atoms with Crippen LogP contribution in [-0.4, -0.2) is 11.8 Å². The predicted molar refractivity (Wildman–Crippen MR) is 45.6 cm³/mol. The lowest BCUT2D eigenvalue weighted by Gasteiger charge is -1.97. The molecular weight excluding hydrogens is 154 g/mol. The SMILES string of the molecule is C/C=C/OCCCc1ccno1. The molecule has 1 aromatic heterocycles. The fourth-order valence-corrected chi connectivity index (χ4v) is 0.865. The van der Waals surface area contributed by atoms with Crippen molar-refractivity contribution in [2.75, 3.05) is 6.61 Å². The Morgan fingerprint density at radius 1 is 1.67 bits per heavy atom.